The number of nitro benzene ring substituents is 1. The van der Waals surface area contributed by atoms with Gasteiger partial charge in [0.15, 0.2) is 0 Å². The van der Waals surface area contributed by atoms with Gasteiger partial charge in [-0.15, -0.1) is 0 Å². The number of nitrogens with two attached hydrogens (primary N) is 1. The van der Waals surface area contributed by atoms with E-state index in [0.717, 1.165) is 12.8 Å². The molecule has 1 amide bonds. The number of nitrogens with zero attached hydrogens (tertiary/aromatic N) is 2. The highest BCUT2D eigenvalue weighted by Gasteiger charge is 2.32. The number of nitro groups is 1. The van der Waals surface area contributed by atoms with Gasteiger partial charge in [-0.1, -0.05) is 18.6 Å². The van der Waals surface area contributed by atoms with Gasteiger partial charge < -0.3 is 11.1 Å². The highest BCUT2D eigenvalue weighted by molar-refractivity contribution is 7.88. The fraction of sp³-hybridized carbons (Fsp3) is 0.562. The Morgan fingerprint density at radius 3 is 2.62 bits per heavy atom. The number of sulfonamides is 1. The normalized spacial score (nSPS) is 18.4. The van der Waals surface area contributed by atoms with Gasteiger partial charge in [-0.2, -0.15) is 4.31 Å². The Hall–Kier alpha value is -2.04. The van der Waals surface area contributed by atoms with E-state index in [1.807, 2.05) is 0 Å². The van der Waals surface area contributed by atoms with Crippen LogP contribution >= 0.6 is 0 Å². The van der Waals surface area contributed by atoms with E-state index in [4.69, 9.17) is 5.73 Å². The van der Waals surface area contributed by atoms with Crippen LogP contribution in [0.15, 0.2) is 24.3 Å². The molecule has 0 spiro atoms. The minimum Gasteiger partial charge on any atom is -0.354 e. The minimum atomic E-state index is -3.59. The summed E-state index contributed by atoms with van der Waals surface area (Å²) < 4.78 is 27.1. The second-order valence-corrected chi connectivity index (χ2v) is 8.20. The van der Waals surface area contributed by atoms with Crippen LogP contribution in [-0.4, -0.2) is 49.2 Å². The quantitative estimate of drug-likeness (QED) is 0.501. The molecule has 1 aromatic carbocycles. The van der Waals surface area contributed by atoms with Crippen molar-refractivity contribution in [2.45, 2.75) is 37.5 Å². The van der Waals surface area contributed by atoms with Crippen molar-refractivity contribution in [2.24, 2.45) is 5.73 Å². The molecule has 1 aliphatic heterocycles. The smallest absolute Gasteiger partial charge is 0.269 e. The number of nitrogens with one attached hydrogen (secondary N) is 1. The zero-order valence-electron chi connectivity index (χ0n) is 14.5. The molecule has 1 unspecified atom stereocenters. The number of piperidine rings is 1. The molecule has 1 aliphatic rings. The maximum absolute atomic E-state index is 12.8. The van der Waals surface area contributed by atoms with Gasteiger partial charge in [0.2, 0.25) is 15.9 Å². The van der Waals surface area contributed by atoms with E-state index >= 15 is 0 Å². The van der Waals surface area contributed by atoms with E-state index in [1.165, 1.54) is 28.6 Å². The molecule has 1 atom stereocenters. The van der Waals surface area contributed by atoms with E-state index in [-0.39, 0.29) is 42.9 Å². The van der Waals surface area contributed by atoms with Gasteiger partial charge in [-0.05, 0) is 18.4 Å². The first kappa shape index (κ1) is 20.3. The van der Waals surface area contributed by atoms with E-state index in [0.29, 0.717) is 18.5 Å². The minimum absolute atomic E-state index is 0.0791. The third-order valence-electron chi connectivity index (χ3n) is 4.33. The van der Waals surface area contributed by atoms with Crippen LogP contribution in [0.1, 0.15) is 31.2 Å². The number of carbonyl (C=O) groups is 1. The lowest BCUT2D eigenvalue weighted by atomic mass is 10.1. The largest absolute Gasteiger partial charge is 0.354 e. The molecule has 26 heavy (non-hydrogen) atoms. The Morgan fingerprint density at radius 1 is 1.31 bits per heavy atom. The van der Waals surface area contributed by atoms with Gasteiger partial charge in [0.25, 0.3) is 5.69 Å². The summed E-state index contributed by atoms with van der Waals surface area (Å²) in [7, 11) is -3.59. The summed E-state index contributed by atoms with van der Waals surface area (Å²) in [5.41, 5.74) is 5.75. The number of rotatable bonds is 8. The van der Waals surface area contributed by atoms with E-state index < -0.39 is 14.9 Å². The Balaban J connectivity index is 2.06. The second kappa shape index (κ2) is 9.06. The number of non-ortho nitro benzene ring substituents is 1. The summed E-state index contributed by atoms with van der Waals surface area (Å²) in [6.07, 6.45) is 2.57. The molecule has 2 rings (SSSR count). The summed E-state index contributed by atoms with van der Waals surface area (Å²) in [5.74, 6) is -0.413. The molecule has 0 saturated carbocycles. The highest BCUT2D eigenvalue weighted by Crippen LogP contribution is 2.23. The van der Waals surface area contributed by atoms with Gasteiger partial charge in [0.1, 0.15) is 0 Å². The molecule has 0 aromatic heterocycles. The number of hydrogen-bond acceptors (Lipinski definition) is 6. The molecule has 1 saturated heterocycles. The van der Waals surface area contributed by atoms with Crippen LogP contribution in [-0.2, 0) is 20.6 Å². The van der Waals surface area contributed by atoms with E-state index in [9.17, 15) is 23.3 Å². The molecule has 9 nitrogen and oxygen atoms in total. The van der Waals surface area contributed by atoms with Gasteiger partial charge in [0.05, 0.1) is 10.7 Å². The Bertz CT molecular complexity index is 736. The van der Waals surface area contributed by atoms with Crippen LogP contribution in [0, 0.1) is 10.1 Å². The summed E-state index contributed by atoms with van der Waals surface area (Å²) in [5, 5.41) is 13.4. The Morgan fingerprint density at radius 2 is 2.00 bits per heavy atom. The molecule has 0 aliphatic carbocycles. The first-order valence-electron chi connectivity index (χ1n) is 8.53. The zero-order valence-corrected chi connectivity index (χ0v) is 15.3. The fourth-order valence-electron chi connectivity index (χ4n) is 3.00. The summed E-state index contributed by atoms with van der Waals surface area (Å²) in [6.45, 7) is 0.920. The van der Waals surface area contributed by atoms with Crippen molar-refractivity contribution in [2.75, 3.05) is 19.6 Å². The van der Waals surface area contributed by atoms with Crippen LogP contribution in [0.5, 0.6) is 0 Å². The lowest BCUT2D eigenvalue weighted by Gasteiger charge is -2.34. The molecule has 1 fully saturated rings. The molecule has 1 heterocycles. The van der Waals surface area contributed by atoms with Crippen molar-refractivity contribution >= 4 is 21.6 Å². The van der Waals surface area contributed by atoms with Crippen molar-refractivity contribution in [3.05, 3.63) is 39.9 Å². The van der Waals surface area contributed by atoms with Gasteiger partial charge in [0, 0.05) is 44.2 Å². The molecule has 1 aromatic rings. The summed E-state index contributed by atoms with van der Waals surface area (Å²) in [6, 6.07) is 5.22. The second-order valence-electron chi connectivity index (χ2n) is 6.28. The summed E-state index contributed by atoms with van der Waals surface area (Å²) in [4.78, 5) is 21.8. The topological polar surface area (TPSA) is 136 Å². The van der Waals surface area contributed by atoms with Crippen molar-refractivity contribution in [3.8, 4) is 0 Å². The number of amides is 1. The van der Waals surface area contributed by atoms with Crippen LogP contribution in [0.25, 0.3) is 0 Å². The van der Waals surface area contributed by atoms with E-state index in [2.05, 4.69) is 5.32 Å². The number of benzene rings is 1. The maximum atomic E-state index is 12.8. The molecule has 0 radical (unpaired) electrons. The van der Waals surface area contributed by atoms with Crippen LogP contribution < -0.4 is 11.1 Å². The highest BCUT2D eigenvalue weighted by atomic mass is 32.2. The molecular weight excluding hydrogens is 360 g/mol. The number of carbonyl (C=O) groups excluding carboxylic acids is 1. The van der Waals surface area contributed by atoms with Gasteiger partial charge >= 0.3 is 0 Å². The van der Waals surface area contributed by atoms with Gasteiger partial charge in [-0.25, -0.2) is 8.42 Å². The van der Waals surface area contributed by atoms with Crippen LogP contribution in [0.3, 0.4) is 0 Å². The van der Waals surface area contributed by atoms with Crippen molar-refractivity contribution < 1.29 is 18.1 Å². The van der Waals surface area contributed by atoms with Gasteiger partial charge in [-0.3, -0.25) is 14.9 Å². The molecule has 10 heteroatoms. The third kappa shape index (κ3) is 5.48. The Labute approximate surface area is 152 Å². The number of hydrogen-bond donors (Lipinski definition) is 2. The monoisotopic (exact) mass is 384 g/mol. The van der Waals surface area contributed by atoms with Crippen molar-refractivity contribution in [1.82, 2.24) is 9.62 Å². The first-order valence-corrected chi connectivity index (χ1v) is 10.1. The van der Waals surface area contributed by atoms with Crippen LogP contribution in [0.2, 0.25) is 0 Å². The average molecular weight is 384 g/mol. The van der Waals surface area contributed by atoms with Crippen molar-refractivity contribution in [3.63, 3.8) is 0 Å². The lowest BCUT2D eigenvalue weighted by Crippen LogP contribution is -2.49. The molecule has 3 N–H and O–H groups in total. The SMILES string of the molecule is NCCC(=O)NCC1CCCCN1S(=O)(=O)Cc1ccc([N+](=O)[O-])cc1. The van der Waals surface area contributed by atoms with E-state index in [1.54, 1.807) is 0 Å². The average Bonchev–Trinajstić information content (AvgIpc) is 2.60. The molecular formula is C16H24N4O5S. The zero-order chi connectivity index (χ0) is 19.2. The molecule has 144 valence electrons. The Kier molecular flexibility index (Phi) is 7.06. The fourth-order valence-corrected chi connectivity index (χ4v) is 4.82. The lowest BCUT2D eigenvalue weighted by molar-refractivity contribution is -0.384. The summed E-state index contributed by atoms with van der Waals surface area (Å²) >= 11 is 0. The van der Waals surface area contributed by atoms with Crippen LogP contribution in [0.4, 0.5) is 5.69 Å². The standard InChI is InChI=1S/C16H24N4O5S/c17-9-8-16(21)18-11-15-3-1-2-10-19(15)26(24,25)12-13-4-6-14(7-5-13)20(22)23/h4-7,15H,1-3,8-12,17H2,(H,18,21). The predicted molar refractivity (Wildman–Crippen MR) is 96.7 cm³/mol. The first-order chi connectivity index (χ1) is 12.3. The van der Waals surface area contributed by atoms with Crippen molar-refractivity contribution in [1.29, 1.82) is 0 Å². The maximum Gasteiger partial charge on any atom is 0.269 e. The third-order valence-corrected chi connectivity index (χ3v) is 6.23. The predicted octanol–water partition coefficient (Wildman–Crippen LogP) is 0.744. The molecule has 0 bridgehead atoms.